The summed E-state index contributed by atoms with van der Waals surface area (Å²) in [5, 5.41) is 8.91. The van der Waals surface area contributed by atoms with E-state index in [2.05, 4.69) is 30.9 Å². The van der Waals surface area contributed by atoms with Crippen LogP contribution in [0.2, 0.25) is 0 Å². The van der Waals surface area contributed by atoms with Crippen LogP contribution < -0.4 is 0 Å². The smallest absolute Gasteiger partial charge is 0.330 e. The van der Waals surface area contributed by atoms with Crippen molar-refractivity contribution in [2.45, 2.75) is 39.5 Å². The second-order valence-electron chi connectivity index (χ2n) is 4.69. The second-order valence-corrected chi connectivity index (χ2v) is 4.69. The Kier molecular flexibility index (Phi) is 5.81. The third-order valence-electron chi connectivity index (χ3n) is 3.03. The number of allylic oxidation sites excluding steroid dienone is 3. The number of hydrogen-bond donors (Lipinski definition) is 1. The summed E-state index contributed by atoms with van der Waals surface area (Å²) in [7, 11) is 0. The van der Waals surface area contributed by atoms with Crippen LogP contribution in [0.15, 0.2) is 23.9 Å². The first-order valence-electron chi connectivity index (χ1n) is 6.48. The summed E-state index contributed by atoms with van der Waals surface area (Å²) in [5.74, 6) is -0.431. The van der Waals surface area contributed by atoms with Crippen LogP contribution >= 0.6 is 0 Å². The third-order valence-corrected chi connectivity index (χ3v) is 3.03. The van der Waals surface area contributed by atoms with Gasteiger partial charge in [0.05, 0.1) is 0 Å². The molecule has 0 aliphatic carbocycles. The molecule has 0 radical (unpaired) electrons. The van der Waals surface area contributed by atoms with Gasteiger partial charge in [-0.1, -0.05) is 26.0 Å². The van der Waals surface area contributed by atoms with Gasteiger partial charge in [0.2, 0.25) is 0 Å². The zero-order valence-corrected chi connectivity index (χ0v) is 10.9. The molecule has 17 heavy (non-hydrogen) atoms. The molecule has 1 aliphatic heterocycles. The second kappa shape index (κ2) is 7.15. The molecule has 0 spiro atoms. The molecule has 96 valence electrons. The standard InChI is InChI=1S/C14H23NO2/c1-3-4-7-12(2)10-13(11-14(16)17)15-8-5-6-9-15/h4,7,11-12H,3,5-6,8-10H2,1-2H3,(H,16,17)/b7-4+,13-11-/t12-/m0/s1. The maximum absolute atomic E-state index is 10.8. The van der Waals surface area contributed by atoms with Gasteiger partial charge in [0, 0.05) is 24.9 Å². The molecule has 1 fully saturated rings. The van der Waals surface area contributed by atoms with Crippen molar-refractivity contribution in [1.82, 2.24) is 4.90 Å². The summed E-state index contributed by atoms with van der Waals surface area (Å²) in [4.78, 5) is 13.1. The minimum Gasteiger partial charge on any atom is -0.478 e. The molecule has 0 bridgehead atoms. The van der Waals surface area contributed by atoms with Crippen LogP contribution in [0.3, 0.4) is 0 Å². The highest BCUT2D eigenvalue weighted by atomic mass is 16.4. The van der Waals surface area contributed by atoms with Crippen LogP contribution in [0.25, 0.3) is 0 Å². The molecule has 0 saturated carbocycles. The molecule has 0 aromatic heterocycles. The van der Waals surface area contributed by atoms with Gasteiger partial charge in [-0.25, -0.2) is 4.79 Å². The van der Waals surface area contributed by atoms with Crippen molar-refractivity contribution in [1.29, 1.82) is 0 Å². The summed E-state index contributed by atoms with van der Waals surface area (Å²) in [6, 6.07) is 0. The highest BCUT2D eigenvalue weighted by Gasteiger charge is 2.17. The predicted molar refractivity (Wildman–Crippen MR) is 69.7 cm³/mol. The number of rotatable bonds is 6. The average Bonchev–Trinajstić information content (AvgIpc) is 2.78. The van der Waals surface area contributed by atoms with Crippen molar-refractivity contribution in [2.75, 3.05) is 13.1 Å². The molecule has 3 heteroatoms. The fraction of sp³-hybridized carbons (Fsp3) is 0.643. The first kappa shape index (κ1) is 13.8. The lowest BCUT2D eigenvalue weighted by Gasteiger charge is -2.22. The average molecular weight is 237 g/mol. The van der Waals surface area contributed by atoms with E-state index in [-0.39, 0.29) is 0 Å². The molecule has 0 unspecified atom stereocenters. The van der Waals surface area contributed by atoms with Gasteiger partial charge in [-0.05, 0) is 31.6 Å². The summed E-state index contributed by atoms with van der Waals surface area (Å²) in [6.07, 6.45) is 9.90. The van der Waals surface area contributed by atoms with Crippen molar-refractivity contribution in [2.24, 2.45) is 5.92 Å². The molecule has 0 aromatic rings. The fourth-order valence-corrected chi connectivity index (χ4v) is 2.19. The number of hydrogen-bond acceptors (Lipinski definition) is 2. The van der Waals surface area contributed by atoms with Crippen molar-refractivity contribution in [3.8, 4) is 0 Å². The predicted octanol–water partition coefficient (Wildman–Crippen LogP) is 3.04. The molecule has 1 saturated heterocycles. The maximum atomic E-state index is 10.8. The van der Waals surface area contributed by atoms with Gasteiger partial charge in [-0.3, -0.25) is 0 Å². The summed E-state index contributed by atoms with van der Waals surface area (Å²) >= 11 is 0. The van der Waals surface area contributed by atoms with E-state index in [9.17, 15) is 4.79 Å². The summed E-state index contributed by atoms with van der Waals surface area (Å²) in [6.45, 7) is 6.25. The topological polar surface area (TPSA) is 40.5 Å². The van der Waals surface area contributed by atoms with Gasteiger partial charge >= 0.3 is 5.97 Å². The van der Waals surface area contributed by atoms with E-state index in [1.54, 1.807) is 0 Å². The van der Waals surface area contributed by atoms with E-state index in [1.165, 1.54) is 18.9 Å². The quantitative estimate of drug-likeness (QED) is 0.570. The van der Waals surface area contributed by atoms with Crippen molar-refractivity contribution < 1.29 is 9.90 Å². The molecule has 1 atom stereocenters. The van der Waals surface area contributed by atoms with Crippen molar-refractivity contribution in [3.63, 3.8) is 0 Å². The normalized spacial score (nSPS) is 18.9. The first-order valence-corrected chi connectivity index (χ1v) is 6.48. The Balaban J connectivity index is 2.63. The van der Waals surface area contributed by atoms with Crippen molar-refractivity contribution >= 4 is 5.97 Å². The largest absolute Gasteiger partial charge is 0.478 e. The van der Waals surface area contributed by atoms with Gasteiger partial charge in [-0.15, -0.1) is 0 Å². The van der Waals surface area contributed by atoms with E-state index in [4.69, 9.17) is 5.11 Å². The number of carboxylic acids is 1. The molecule has 3 nitrogen and oxygen atoms in total. The molecule has 0 amide bonds. The first-order chi connectivity index (χ1) is 8.13. The van der Waals surface area contributed by atoms with E-state index in [0.717, 1.165) is 31.6 Å². The Morgan fingerprint density at radius 1 is 1.41 bits per heavy atom. The zero-order chi connectivity index (χ0) is 12.7. The van der Waals surface area contributed by atoms with Crippen molar-refractivity contribution in [3.05, 3.63) is 23.9 Å². The van der Waals surface area contributed by atoms with E-state index in [0.29, 0.717) is 5.92 Å². The van der Waals surface area contributed by atoms with Gasteiger partial charge in [-0.2, -0.15) is 0 Å². The van der Waals surface area contributed by atoms with Gasteiger partial charge in [0.25, 0.3) is 0 Å². The van der Waals surface area contributed by atoms with Gasteiger partial charge < -0.3 is 10.0 Å². The molecular formula is C14H23NO2. The molecule has 1 rings (SSSR count). The molecule has 1 heterocycles. The molecular weight excluding hydrogens is 214 g/mol. The van der Waals surface area contributed by atoms with Gasteiger partial charge in [0.1, 0.15) is 0 Å². The number of carbonyl (C=O) groups is 1. The van der Waals surface area contributed by atoms with Crippen LogP contribution in [0, 0.1) is 5.92 Å². The number of aliphatic carboxylic acids is 1. The monoisotopic (exact) mass is 237 g/mol. The highest BCUT2D eigenvalue weighted by molar-refractivity contribution is 5.80. The van der Waals surface area contributed by atoms with E-state index < -0.39 is 5.97 Å². The highest BCUT2D eigenvalue weighted by Crippen LogP contribution is 2.21. The van der Waals surface area contributed by atoms with Crippen LogP contribution in [-0.2, 0) is 4.79 Å². The van der Waals surface area contributed by atoms with Crippen LogP contribution in [0.1, 0.15) is 39.5 Å². The zero-order valence-electron chi connectivity index (χ0n) is 10.9. The lowest BCUT2D eigenvalue weighted by Crippen LogP contribution is -2.21. The molecule has 1 N–H and O–H groups in total. The van der Waals surface area contributed by atoms with E-state index in [1.807, 2.05) is 0 Å². The molecule has 1 aliphatic rings. The lowest BCUT2D eigenvalue weighted by atomic mass is 10.0. The minimum atomic E-state index is -0.835. The summed E-state index contributed by atoms with van der Waals surface area (Å²) < 4.78 is 0. The Bertz CT molecular complexity index is 301. The maximum Gasteiger partial charge on any atom is 0.330 e. The summed E-state index contributed by atoms with van der Waals surface area (Å²) in [5.41, 5.74) is 0.975. The minimum absolute atomic E-state index is 0.404. The molecule has 0 aromatic carbocycles. The number of nitrogens with zero attached hydrogens (tertiary/aromatic N) is 1. The third kappa shape index (κ3) is 5.07. The fourth-order valence-electron chi connectivity index (χ4n) is 2.19. The lowest BCUT2D eigenvalue weighted by molar-refractivity contribution is -0.131. The van der Waals surface area contributed by atoms with Gasteiger partial charge in [0.15, 0.2) is 0 Å². The van der Waals surface area contributed by atoms with Crippen LogP contribution in [0.5, 0.6) is 0 Å². The van der Waals surface area contributed by atoms with Crippen LogP contribution in [-0.4, -0.2) is 29.1 Å². The van der Waals surface area contributed by atoms with E-state index >= 15 is 0 Å². The Morgan fingerprint density at radius 2 is 2.06 bits per heavy atom. The number of likely N-dealkylation sites (tertiary alicyclic amines) is 1. The Morgan fingerprint density at radius 3 is 2.59 bits per heavy atom. The Hall–Kier alpha value is -1.25. The Labute approximate surface area is 104 Å². The van der Waals surface area contributed by atoms with Crippen LogP contribution in [0.4, 0.5) is 0 Å². The SMILES string of the molecule is CC/C=C/[C@H](C)C/C(=C/C(=O)O)N1CCCC1. The number of carboxylic acid groups (broad SMARTS) is 1.